The number of nitrogens with zero attached hydrogens (tertiary/aromatic N) is 1. The molecule has 20 heavy (non-hydrogen) atoms. The SMILES string of the molecule is COC(=O)CCc1csc(NC2CCCC(C)CC2)n1. The number of carbonyl (C=O) groups is 1. The van der Waals surface area contributed by atoms with Gasteiger partial charge >= 0.3 is 5.97 Å². The maximum atomic E-state index is 11.1. The highest BCUT2D eigenvalue weighted by molar-refractivity contribution is 7.13. The van der Waals surface area contributed by atoms with Crippen LogP contribution in [0.1, 0.15) is 51.1 Å². The Bertz CT molecular complexity index is 433. The number of rotatable bonds is 5. The summed E-state index contributed by atoms with van der Waals surface area (Å²) in [6.07, 6.45) is 7.49. The molecule has 1 aromatic rings. The standard InChI is InChI=1S/C15H24N2O2S/c1-11-4-3-5-12(7-6-11)16-15-17-13(10-20-15)8-9-14(18)19-2/h10-12H,3-9H2,1-2H3,(H,16,17). The maximum absolute atomic E-state index is 11.1. The van der Waals surface area contributed by atoms with Crippen LogP contribution in [-0.2, 0) is 16.0 Å². The third-order valence-electron chi connectivity index (χ3n) is 3.95. The van der Waals surface area contributed by atoms with Gasteiger partial charge in [-0.05, 0) is 25.2 Å². The highest BCUT2D eigenvalue weighted by Gasteiger charge is 2.17. The van der Waals surface area contributed by atoms with Crippen molar-refractivity contribution >= 4 is 22.4 Å². The molecule has 0 amide bonds. The third kappa shape index (κ3) is 4.78. The first-order chi connectivity index (χ1) is 9.67. The van der Waals surface area contributed by atoms with E-state index < -0.39 is 0 Å². The second kappa shape index (κ2) is 7.62. The second-order valence-corrected chi connectivity index (χ2v) is 6.53. The van der Waals surface area contributed by atoms with Crippen molar-refractivity contribution < 1.29 is 9.53 Å². The van der Waals surface area contributed by atoms with Crippen LogP contribution < -0.4 is 5.32 Å². The Balaban J connectivity index is 1.81. The average molecular weight is 296 g/mol. The molecule has 1 saturated carbocycles. The van der Waals surface area contributed by atoms with Gasteiger partial charge in [-0.15, -0.1) is 11.3 Å². The second-order valence-electron chi connectivity index (χ2n) is 5.67. The Morgan fingerprint density at radius 3 is 3.10 bits per heavy atom. The van der Waals surface area contributed by atoms with Crippen LogP contribution in [0.5, 0.6) is 0 Å². The van der Waals surface area contributed by atoms with Gasteiger partial charge in [-0.2, -0.15) is 0 Å². The summed E-state index contributed by atoms with van der Waals surface area (Å²) >= 11 is 1.64. The molecule has 4 nitrogen and oxygen atoms in total. The first kappa shape index (κ1) is 15.3. The summed E-state index contributed by atoms with van der Waals surface area (Å²) in [5.74, 6) is 0.680. The van der Waals surface area contributed by atoms with Crippen molar-refractivity contribution in [3.63, 3.8) is 0 Å². The summed E-state index contributed by atoms with van der Waals surface area (Å²) in [5.41, 5.74) is 0.977. The van der Waals surface area contributed by atoms with Gasteiger partial charge in [-0.1, -0.05) is 19.8 Å². The van der Waals surface area contributed by atoms with Crippen LogP contribution in [0.2, 0.25) is 0 Å². The molecule has 0 aromatic carbocycles. The molecule has 5 heteroatoms. The van der Waals surface area contributed by atoms with Crippen LogP contribution in [0.3, 0.4) is 0 Å². The minimum absolute atomic E-state index is 0.176. The lowest BCUT2D eigenvalue weighted by atomic mass is 10.0. The highest BCUT2D eigenvalue weighted by Crippen LogP contribution is 2.26. The summed E-state index contributed by atoms with van der Waals surface area (Å²) in [5, 5.41) is 6.58. The number of anilines is 1. The number of carbonyl (C=O) groups excluding carboxylic acids is 1. The molecule has 0 aliphatic heterocycles. The molecular weight excluding hydrogens is 272 g/mol. The predicted octanol–water partition coefficient (Wildman–Crippen LogP) is 3.63. The molecule has 1 heterocycles. The molecule has 1 aromatic heterocycles. The number of thiazole rings is 1. The zero-order chi connectivity index (χ0) is 14.4. The number of aromatic nitrogens is 1. The largest absolute Gasteiger partial charge is 0.469 e. The molecule has 2 unspecified atom stereocenters. The van der Waals surface area contributed by atoms with E-state index in [1.807, 2.05) is 5.38 Å². The molecule has 1 aliphatic carbocycles. The monoisotopic (exact) mass is 296 g/mol. The van der Waals surface area contributed by atoms with E-state index >= 15 is 0 Å². The summed E-state index contributed by atoms with van der Waals surface area (Å²) in [6.45, 7) is 2.34. The Hall–Kier alpha value is -1.10. The number of hydrogen-bond donors (Lipinski definition) is 1. The third-order valence-corrected chi connectivity index (χ3v) is 4.77. The van der Waals surface area contributed by atoms with Crippen molar-refractivity contribution in [3.8, 4) is 0 Å². The topological polar surface area (TPSA) is 51.2 Å². The summed E-state index contributed by atoms with van der Waals surface area (Å²) in [6, 6.07) is 0.555. The van der Waals surface area contributed by atoms with Crippen molar-refractivity contribution in [1.82, 2.24) is 4.98 Å². The maximum Gasteiger partial charge on any atom is 0.305 e. The summed E-state index contributed by atoms with van der Waals surface area (Å²) in [4.78, 5) is 15.7. The van der Waals surface area contributed by atoms with E-state index in [1.54, 1.807) is 11.3 Å². The number of methoxy groups -OCH3 is 1. The Kier molecular flexibility index (Phi) is 5.83. The van der Waals surface area contributed by atoms with E-state index in [1.165, 1.54) is 39.2 Å². The quantitative estimate of drug-likeness (QED) is 0.666. The minimum Gasteiger partial charge on any atom is -0.469 e. The van der Waals surface area contributed by atoms with Gasteiger partial charge in [-0.25, -0.2) is 4.98 Å². The number of hydrogen-bond acceptors (Lipinski definition) is 5. The summed E-state index contributed by atoms with van der Waals surface area (Å²) in [7, 11) is 1.42. The Morgan fingerprint density at radius 1 is 1.45 bits per heavy atom. The zero-order valence-electron chi connectivity index (χ0n) is 12.4. The van der Waals surface area contributed by atoms with Gasteiger partial charge in [0, 0.05) is 17.8 Å². The molecule has 1 N–H and O–H groups in total. The zero-order valence-corrected chi connectivity index (χ0v) is 13.2. The average Bonchev–Trinajstić information content (AvgIpc) is 2.79. The fourth-order valence-electron chi connectivity index (χ4n) is 2.63. The fraction of sp³-hybridized carbons (Fsp3) is 0.733. The van der Waals surface area contributed by atoms with Crippen LogP contribution in [-0.4, -0.2) is 24.1 Å². The molecule has 1 aliphatic rings. The molecule has 0 spiro atoms. The number of aryl methyl sites for hydroxylation is 1. The van der Waals surface area contributed by atoms with Crippen LogP contribution in [0.4, 0.5) is 5.13 Å². The lowest BCUT2D eigenvalue weighted by molar-refractivity contribution is -0.140. The van der Waals surface area contributed by atoms with Gasteiger partial charge in [-0.3, -0.25) is 4.79 Å². The number of ether oxygens (including phenoxy) is 1. The van der Waals surface area contributed by atoms with Gasteiger partial charge in [0.15, 0.2) is 5.13 Å². The van der Waals surface area contributed by atoms with E-state index in [0.717, 1.165) is 16.7 Å². The smallest absolute Gasteiger partial charge is 0.305 e. The normalized spacial score (nSPS) is 23.1. The van der Waals surface area contributed by atoms with Crippen LogP contribution in [0.15, 0.2) is 5.38 Å². The number of nitrogens with one attached hydrogen (secondary N) is 1. The van der Waals surface area contributed by atoms with Gasteiger partial charge in [0.05, 0.1) is 19.2 Å². The lowest BCUT2D eigenvalue weighted by Gasteiger charge is -2.15. The van der Waals surface area contributed by atoms with E-state index in [2.05, 4.69) is 22.0 Å². The van der Waals surface area contributed by atoms with Gasteiger partial charge < -0.3 is 10.1 Å². The van der Waals surface area contributed by atoms with E-state index in [4.69, 9.17) is 0 Å². The van der Waals surface area contributed by atoms with Crippen molar-refractivity contribution in [2.75, 3.05) is 12.4 Å². The lowest BCUT2D eigenvalue weighted by Crippen LogP contribution is -2.18. The Morgan fingerprint density at radius 2 is 2.30 bits per heavy atom. The molecule has 2 rings (SSSR count). The molecule has 0 saturated heterocycles. The van der Waals surface area contributed by atoms with Crippen LogP contribution in [0.25, 0.3) is 0 Å². The van der Waals surface area contributed by atoms with Crippen molar-refractivity contribution in [2.45, 2.75) is 57.9 Å². The van der Waals surface area contributed by atoms with Crippen molar-refractivity contribution in [3.05, 3.63) is 11.1 Å². The van der Waals surface area contributed by atoms with E-state index in [-0.39, 0.29) is 5.97 Å². The van der Waals surface area contributed by atoms with E-state index in [0.29, 0.717) is 18.9 Å². The van der Waals surface area contributed by atoms with E-state index in [9.17, 15) is 4.79 Å². The minimum atomic E-state index is -0.176. The first-order valence-electron chi connectivity index (χ1n) is 7.45. The molecule has 0 radical (unpaired) electrons. The van der Waals surface area contributed by atoms with Crippen molar-refractivity contribution in [2.24, 2.45) is 5.92 Å². The Labute approximate surface area is 124 Å². The molecular formula is C15H24N2O2S. The van der Waals surface area contributed by atoms with Gasteiger partial charge in [0.1, 0.15) is 0 Å². The van der Waals surface area contributed by atoms with Gasteiger partial charge in [0.25, 0.3) is 0 Å². The fourth-order valence-corrected chi connectivity index (χ4v) is 3.45. The van der Waals surface area contributed by atoms with Gasteiger partial charge in [0.2, 0.25) is 0 Å². The molecule has 0 bridgehead atoms. The molecule has 2 atom stereocenters. The first-order valence-corrected chi connectivity index (χ1v) is 8.33. The van der Waals surface area contributed by atoms with Crippen LogP contribution >= 0.6 is 11.3 Å². The number of esters is 1. The molecule has 1 fully saturated rings. The predicted molar refractivity (Wildman–Crippen MR) is 82.1 cm³/mol. The highest BCUT2D eigenvalue weighted by atomic mass is 32.1. The molecule has 112 valence electrons. The van der Waals surface area contributed by atoms with Crippen LogP contribution in [0, 0.1) is 5.92 Å². The van der Waals surface area contributed by atoms with Crippen molar-refractivity contribution in [1.29, 1.82) is 0 Å². The summed E-state index contributed by atoms with van der Waals surface area (Å²) < 4.78 is 4.65.